The first-order valence-corrected chi connectivity index (χ1v) is 6.24. The van der Waals surface area contributed by atoms with E-state index in [1.54, 1.807) is 7.11 Å². The van der Waals surface area contributed by atoms with Crippen LogP contribution >= 0.6 is 0 Å². The van der Waals surface area contributed by atoms with E-state index < -0.39 is 0 Å². The largest absolute Gasteiger partial charge is 0.383 e. The van der Waals surface area contributed by atoms with Crippen molar-refractivity contribution in [3.63, 3.8) is 0 Å². The van der Waals surface area contributed by atoms with Gasteiger partial charge in [0.25, 0.3) is 0 Å². The van der Waals surface area contributed by atoms with Gasteiger partial charge in [0.15, 0.2) is 0 Å². The number of hydrogen-bond acceptors (Lipinski definition) is 3. The molecule has 1 fully saturated rings. The molecule has 1 saturated heterocycles. The van der Waals surface area contributed by atoms with Crippen LogP contribution < -0.4 is 5.32 Å². The molecule has 1 N–H and O–H groups in total. The molecule has 1 aliphatic heterocycles. The second kappa shape index (κ2) is 7.20. The van der Waals surface area contributed by atoms with Crippen molar-refractivity contribution in [3.05, 3.63) is 0 Å². The zero-order valence-electron chi connectivity index (χ0n) is 10.5. The van der Waals surface area contributed by atoms with Crippen LogP contribution in [0, 0.1) is 0 Å². The molecule has 0 radical (unpaired) electrons. The van der Waals surface area contributed by atoms with Crippen molar-refractivity contribution in [2.75, 3.05) is 33.4 Å². The molecule has 2 atom stereocenters. The van der Waals surface area contributed by atoms with E-state index in [1.165, 1.54) is 32.4 Å². The minimum atomic E-state index is 0.618. The quantitative estimate of drug-likeness (QED) is 0.750. The fraction of sp³-hybridized carbons (Fsp3) is 1.00. The Bertz CT molecular complexity index is 158. The van der Waals surface area contributed by atoms with E-state index in [-0.39, 0.29) is 0 Å². The van der Waals surface area contributed by atoms with E-state index in [0.29, 0.717) is 12.1 Å². The maximum Gasteiger partial charge on any atom is 0.0618 e. The Balaban J connectivity index is 2.42. The van der Waals surface area contributed by atoms with Crippen LogP contribution in [0.5, 0.6) is 0 Å². The summed E-state index contributed by atoms with van der Waals surface area (Å²) in [5, 5.41) is 3.53. The van der Waals surface area contributed by atoms with Gasteiger partial charge in [-0.2, -0.15) is 0 Å². The van der Waals surface area contributed by atoms with Gasteiger partial charge in [-0.05, 0) is 19.8 Å². The molecule has 0 saturated carbocycles. The summed E-state index contributed by atoms with van der Waals surface area (Å²) in [7, 11) is 1.81. The number of nitrogens with zero attached hydrogens (tertiary/aromatic N) is 1. The SMILES string of the molecule is CCCC(COC)N1CCNC(C)CC1. The molecule has 0 aromatic heterocycles. The van der Waals surface area contributed by atoms with Gasteiger partial charge in [0.1, 0.15) is 0 Å². The molecular weight excluding hydrogens is 188 g/mol. The first-order chi connectivity index (χ1) is 7.27. The lowest BCUT2D eigenvalue weighted by Crippen LogP contribution is -2.40. The fourth-order valence-electron chi connectivity index (χ4n) is 2.29. The molecule has 1 rings (SSSR count). The minimum absolute atomic E-state index is 0.618. The van der Waals surface area contributed by atoms with Gasteiger partial charge >= 0.3 is 0 Å². The van der Waals surface area contributed by atoms with Crippen molar-refractivity contribution < 1.29 is 4.74 Å². The minimum Gasteiger partial charge on any atom is -0.383 e. The number of ether oxygens (including phenoxy) is 1. The average Bonchev–Trinajstić information content (AvgIpc) is 2.43. The summed E-state index contributed by atoms with van der Waals surface area (Å²) in [4.78, 5) is 2.59. The number of hydrogen-bond donors (Lipinski definition) is 1. The van der Waals surface area contributed by atoms with Gasteiger partial charge in [-0.15, -0.1) is 0 Å². The molecule has 0 aromatic rings. The number of rotatable bonds is 5. The Morgan fingerprint density at radius 2 is 2.27 bits per heavy atom. The van der Waals surface area contributed by atoms with Gasteiger partial charge in [-0.3, -0.25) is 4.90 Å². The highest BCUT2D eigenvalue weighted by molar-refractivity contribution is 4.77. The normalized spacial score (nSPS) is 26.2. The van der Waals surface area contributed by atoms with Gasteiger partial charge in [0.05, 0.1) is 6.61 Å². The van der Waals surface area contributed by atoms with Crippen LogP contribution in [-0.2, 0) is 4.74 Å². The molecule has 1 aliphatic rings. The Hall–Kier alpha value is -0.120. The van der Waals surface area contributed by atoms with E-state index in [0.717, 1.165) is 13.2 Å². The van der Waals surface area contributed by atoms with Crippen molar-refractivity contribution in [3.8, 4) is 0 Å². The van der Waals surface area contributed by atoms with Crippen molar-refractivity contribution in [2.45, 2.75) is 45.2 Å². The van der Waals surface area contributed by atoms with Crippen LogP contribution in [-0.4, -0.2) is 50.3 Å². The van der Waals surface area contributed by atoms with E-state index in [2.05, 4.69) is 24.1 Å². The number of nitrogens with one attached hydrogen (secondary N) is 1. The fourth-order valence-corrected chi connectivity index (χ4v) is 2.29. The summed E-state index contributed by atoms with van der Waals surface area (Å²) >= 11 is 0. The molecule has 0 spiro atoms. The predicted molar refractivity (Wildman–Crippen MR) is 64.2 cm³/mol. The van der Waals surface area contributed by atoms with Gasteiger partial charge < -0.3 is 10.1 Å². The predicted octanol–water partition coefficient (Wildman–Crippen LogP) is 1.49. The molecular formula is C12H26N2O. The summed E-state index contributed by atoms with van der Waals surface area (Å²) in [5.74, 6) is 0. The smallest absolute Gasteiger partial charge is 0.0618 e. The van der Waals surface area contributed by atoms with Crippen LogP contribution in [0.25, 0.3) is 0 Å². The highest BCUT2D eigenvalue weighted by Gasteiger charge is 2.20. The molecule has 0 aromatic carbocycles. The van der Waals surface area contributed by atoms with E-state index in [9.17, 15) is 0 Å². The lowest BCUT2D eigenvalue weighted by molar-refractivity contribution is 0.0881. The third kappa shape index (κ3) is 4.49. The van der Waals surface area contributed by atoms with E-state index in [1.807, 2.05) is 0 Å². The third-order valence-corrected chi connectivity index (χ3v) is 3.24. The summed E-state index contributed by atoms with van der Waals surface area (Å²) in [6.45, 7) is 8.89. The molecule has 15 heavy (non-hydrogen) atoms. The lowest BCUT2D eigenvalue weighted by atomic mass is 10.1. The molecule has 1 heterocycles. The Labute approximate surface area is 94.2 Å². The summed E-state index contributed by atoms with van der Waals surface area (Å²) in [5.41, 5.74) is 0. The van der Waals surface area contributed by atoms with Crippen LogP contribution in [0.4, 0.5) is 0 Å². The van der Waals surface area contributed by atoms with Gasteiger partial charge in [0.2, 0.25) is 0 Å². The zero-order valence-corrected chi connectivity index (χ0v) is 10.5. The second-order valence-electron chi connectivity index (χ2n) is 4.58. The van der Waals surface area contributed by atoms with Gasteiger partial charge in [-0.1, -0.05) is 13.3 Å². The molecule has 0 amide bonds. The van der Waals surface area contributed by atoms with Crippen LogP contribution in [0.2, 0.25) is 0 Å². The monoisotopic (exact) mass is 214 g/mol. The van der Waals surface area contributed by atoms with Crippen LogP contribution in [0.3, 0.4) is 0 Å². The first-order valence-electron chi connectivity index (χ1n) is 6.24. The second-order valence-corrected chi connectivity index (χ2v) is 4.58. The standard InChI is InChI=1S/C12H26N2O/c1-4-5-12(10-15-3)14-8-6-11(2)13-7-9-14/h11-13H,4-10H2,1-3H3. The van der Waals surface area contributed by atoms with Crippen molar-refractivity contribution in [1.82, 2.24) is 10.2 Å². The van der Waals surface area contributed by atoms with Crippen molar-refractivity contribution in [2.24, 2.45) is 0 Å². The zero-order chi connectivity index (χ0) is 11.1. The maximum atomic E-state index is 5.32. The summed E-state index contributed by atoms with van der Waals surface area (Å²) in [6.07, 6.45) is 3.75. The van der Waals surface area contributed by atoms with Crippen LogP contribution in [0.15, 0.2) is 0 Å². The van der Waals surface area contributed by atoms with Crippen molar-refractivity contribution >= 4 is 0 Å². The summed E-state index contributed by atoms with van der Waals surface area (Å²) < 4.78 is 5.32. The number of methoxy groups -OCH3 is 1. The topological polar surface area (TPSA) is 24.5 Å². The van der Waals surface area contributed by atoms with Crippen LogP contribution in [0.1, 0.15) is 33.1 Å². The molecule has 2 unspecified atom stereocenters. The molecule has 3 heteroatoms. The van der Waals surface area contributed by atoms with E-state index >= 15 is 0 Å². The van der Waals surface area contributed by atoms with Gasteiger partial charge in [-0.25, -0.2) is 0 Å². The highest BCUT2D eigenvalue weighted by atomic mass is 16.5. The summed E-state index contributed by atoms with van der Waals surface area (Å²) in [6, 6.07) is 1.28. The first kappa shape index (κ1) is 12.9. The average molecular weight is 214 g/mol. The highest BCUT2D eigenvalue weighted by Crippen LogP contribution is 2.11. The molecule has 3 nitrogen and oxygen atoms in total. The Morgan fingerprint density at radius 3 is 2.93 bits per heavy atom. The third-order valence-electron chi connectivity index (χ3n) is 3.24. The maximum absolute atomic E-state index is 5.32. The van der Waals surface area contributed by atoms with E-state index in [4.69, 9.17) is 4.74 Å². The van der Waals surface area contributed by atoms with Gasteiger partial charge in [0, 0.05) is 38.8 Å². The molecule has 0 bridgehead atoms. The molecule has 0 aliphatic carbocycles. The van der Waals surface area contributed by atoms with Crippen molar-refractivity contribution in [1.29, 1.82) is 0 Å². The Morgan fingerprint density at radius 1 is 1.47 bits per heavy atom. The lowest BCUT2D eigenvalue weighted by Gasteiger charge is -2.29. The molecule has 90 valence electrons. The Kier molecular flexibility index (Phi) is 6.22.